The van der Waals surface area contributed by atoms with Crippen molar-refractivity contribution in [2.75, 3.05) is 0 Å². The van der Waals surface area contributed by atoms with E-state index in [0.717, 1.165) is 0 Å². The van der Waals surface area contributed by atoms with Crippen molar-refractivity contribution in [3.8, 4) is 34.0 Å². The third-order valence-corrected chi connectivity index (χ3v) is 5.74. The highest BCUT2D eigenvalue weighted by Gasteiger charge is 2.39. The lowest BCUT2D eigenvalue weighted by atomic mass is 10.0. The van der Waals surface area contributed by atoms with E-state index >= 15 is 0 Å². The van der Waals surface area contributed by atoms with Crippen LogP contribution in [0.2, 0.25) is 5.02 Å². The van der Waals surface area contributed by atoms with E-state index in [1.54, 1.807) is 29.1 Å². The molecule has 0 saturated heterocycles. The van der Waals surface area contributed by atoms with Crippen molar-refractivity contribution in [3.63, 3.8) is 0 Å². The molecule has 0 spiro atoms. The van der Waals surface area contributed by atoms with Crippen molar-refractivity contribution >= 4 is 11.6 Å². The van der Waals surface area contributed by atoms with Gasteiger partial charge in [-0.2, -0.15) is 26.3 Å². The number of imidazole rings is 1. The standard InChI is InChI=1S/C24H12ClF7N4O/c25-17-3-1-2-15(21(17)26)22-33-18-6-7-36(11-20(18)34-22)10-13-9-19(35-37-13)14-5-4-12(23(27,28)29)8-16(14)24(30,31)32/h1-9,11H,10H2. The van der Waals surface area contributed by atoms with Gasteiger partial charge in [-0.05, 0) is 30.3 Å². The number of hydrogen-bond acceptors (Lipinski definition) is 4. The maximum absolute atomic E-state index is 14.3. The molecular weight excluding hydrogens is 529 g/mol. The van der Waals surface area contributed by atoms with Gasteiger partial charge in [0.05, 0.1) is 34.0 Å². The lowest BCUT2D eigenvalue weighted by molar-refractivity contribution is -0.142. The van der Waals surface area contributed by atoms with Gasteiger partial charge in [0.15, 0.2) is 17.4 Å². The summed E-state index contributed by atoms with van der Waals surface area (Å²) in [5, 5.41) is 3.54. The van der Waals surface area contributed by atoms with E-state index in [2.05, 4.69) is 15.1 Å². The van der Waals surface area contributed by atoms with E-state index in [4.69, 9.17) is 16.1 Å². The van der Waals surface area contributed by atoms with Gasteiger partial charge in [0, 0.05) is 24.0 Å². The lowest BCUT2D eigenvalue weighted by Gasteiger charge is -2.14. The maximum Gasteiger partial charge on any atom is 0.417 e. The van der Waals surface area contributed by atoms with Gasteiger partial charge >= 0.3 is 12.4 Å². The molecular formula is C24H12ClF7N4O. The second-order valence-corrected chi connectivity index (χ2v) is 8.38. The normalized spacial score (nSPS) is 12.4. The Morgan fingerprint density at radius 2 is 1.59 bits per heavy atom. The molecule has 1 aromatic heterocycles. The van der Waals surface area contributed by atoms with Gasteiger partial charge in [-0.1, -0.05) is 28.9 Å². The Labute approximate surface area is 208 Å². The minimum atomic E-state index is -5.05. The molecule has 13 heteroatoms. The van der Waals surface area contributed by atoms with Crippen molar-refractivity contribution in [2.24, 2.45) is 0 Å². The van der Waals surface area contributed by atoms with Crippen molar-refractivity contribution in [3.05, 3.63) is 88.7 Å². The number of aromatic nitrogens is 4. The molecule has 3 aromatic rings. The van der Waals surface area contributed by atoms with Crippen LogP contribution in [0, 0.1) is 5.82 Å². The van der Waals surface area contributed by atoms with E-state index in [1.165, 1.54) is 18.2 Å². The number of rotatable bonds is 4. The molecule has 0 N–H and O–H groups in total. The minimum absolute atomic E-state index is 0.0125. The maximum atomic E-state index is 14.3. The Kier molecular flexibility index (Phi) is 5.94. The summed E-state index contributed by atoms with van der Waals surface area (Å²) >= 11 is 5.82. The third-order valence-electron chi connectivity index (χ3n) is 5.45. The van der Waals surface area contributed by atoms with Crippen LogP contribution in [-0.2, 0) is 18.9 Å². The minimum Gasteiger partial charge on any atom is -0.359 e. The lowest BCUT2D eigenvalue weighted by Crippen LogP contribution is -2.12. The molecule has 0 radical (unpaired) electrons. The van der Waals surface area contributed by atoms with Crippen LogP contribution in [0.25, 0.3) is 34.0 Å². The summed E-state index contributed by atoms with van der Waals surface area (Å²) in [6.07, 6.45) is -6.83. The first kappa shape index (κ1) is 24.8. The van der Waals surface area contributed by atoms with Gasteiger partial charge in [-0.3, -0.25) is 0 Å². The Morgan fingerprint density at radius 3 is 2.32 bits per heavy atom. The van der Waals surface area contributed by atoms with Crippen LogP contribution in [0.4, 0.5) is 30.7 Å². The first-order valence-electron chi connectivity index (χ1n) is 10.4. The van der Waals surface area contributed by atoms with E-state index in [0.29, 0.717) is 23.5 Å². The zero-order chi connectivity index (χ0) is 26.5. The van der Waals surface area contributed by atoms with Crippen LogP contribution in [0.15, 0.2) is 65.4 Å². The largest absolute Gasteiger partial charge is 0.417 e. The first-order chi connectivity index (χ1) is 17.4. The van der Waals surface area contributed by atoms with Crippen molar-refractivity contribution in [2.45, 2.75) is 18.9 Å². The first-order valence-corrected chi connectivity index (χ1v) is 10.8. The summed E-state index contributed by atoms with van der Waals surface area (Å²) in [5.41, 5.74) is -2.75. The zero-order valence-corrected chi connectivity index (χ0v) is 19.0. The molecule has 2 aromatic carbocycles. The summed E-state index contributed by atoms with van der Waals surface area (Å²) in [4.78, 5) is 8.60. The highest BCUT2D eigenvalue weighted by Crippen LogP contribution is 2.40. The monoisotopic (exact) mass is 540 g/mol. The topological polar surface area (TPSA) is 56.7 Å². The van der Waals surface area contributed by atoms with Crippen molar-refractivity contribution in [1.29, 1.82) is 0 Å². The highest BCUT2D eigenvalue weighted by atomic mass is 35.5. The molecule has 0 atom stereocenters. The summed E-state index contributed by atoms with van der Waals surface area (Å²) in [5.74, 6) is -0.410. The van der Waals surface area contributed by atoms with Crippen LogP contribution in [0.1, 0.15) is 16.9 Å². The van der Waals surface area contributed by atoms with Gasteiger partial charge in [0.25, 0.3) is 0 Å². The third kappa shape index (κ3) is 4.88. The Bertz CT molecular complexity index is 1570. The van der Waals surface area contributed by atoms with Gasteiger partial charge in [-0.15, -0.1) is 0 Å². The van der Waals surface area contributed by atoms with E-state index in [9.17, 15) is 30.7 Å². The molecule has 190 valence electrons. The average Bonchev–Trinajstić information content (AvgIpc) is 3.46. The van der Waals surface area contributed by atoms with Crippen LogP contribution in [-0.4, -0.2) is 19.7 Å². The molecule has 2 aliphatic rings. The molecule has 5 rings (SSSR count). The predicted octanol–water partition coefficient (Wildman–Crippen LogP) is 7.58. The van der Waals surface area contributed by atoms with E-state index < -0.39 is 34.9 Å². The Hall–Kier alpha value is -3.93. The molecule has 37 heavy (non-hydrogen) atoms. The summed E-state index contributed by atoms with van der Waals surface area (Å²) in [6.45, 7) is 0.0125. The molecule has 0 saturated carbocycles. The Balaban J connectivity index is 1.44. The Morgan fingerprint density at radius 1 is 0.838 bits per heavy atom. The molecule has 5 nitrogen and oxygen atoms in total. The number of hydrogen-bond donors (Lipinski definition) is 0. The number of benzene rings is 2. The molecule has 3 heterocycles. The smallest absolute Gasteiger partial charge is 0.359 e. The quantitative estimate of drug-likeness (QED) is 0.220. The predicted molar refractivity (Wildman–Crippen MR) is 118 cm³/mol. The fraction of sp³-hybridized carbons (Fsp3) is 0.125. The van der Waals surface area contributed by atoms with E-state index in [1.807, 2.05) is 0 Å². The van der Waals surface area contributed by atoms with Gasteiger partial charge in [0.1, 0.15) is 11.4 Å². The van der Waals surface area contributed by atoms with Crippen LogP contribution >= 0.6 is 11.6 Å². The molecule has 0 fully saturated rings. The van der Waals surface area contributed by atoms with Gasteiger partial charge < -0.3 is 9.09 Å². The second kappa shape index (κ2) is 8.87. The van der Waals surface area contributed by atoms with Gasteiger partial charge in [-0.25, -0.2) is 14.4 Å². The molecule has 0 amide bonds. The zero-order valence-electron chi connectivity index (χ0n) is 18.2. The highest BCUT2D eigenvalue weighted by molar-refractivity contribution is 6.31. The van der Waals surface area contributed by atoms with Crippen molar-refractivity contribution < 1.29 is 35.3 Å². The SMILES string of the molecule is Fc1c(Cl)cccc1-c1nc2ccn(Cc3cc(-c4ccc(C(F)(F)F)cc4C(F)(F)F)no3)cc-2n1. The fourth-order valence-corrected chi connectivity index (χ4v) is 3.89. The summed E-state index contributed by atoms with van der Waals surface area (Å²) in [6, 6.07) is 8.55. The number of alkyl halides is 6. The molecule has 0 aliphatic carbocycles. The van der Waals surface area contributed by atoms with Gasteiger partial charge in [0.2, 0.25) is 0 Å². The molecule has 2 aliphatic heterocycles. The average molecular weight is 541 g/mol. The number of nitrogens with zero attached hydrogens (tertiary/aromatic N) is 4. The summed E-state index contributed by atoms with van der Waals surface area (Å²) in [7, 11) is 0. The number of fused-ring (bicyclic) bond motifs is 1. The number of pyridine rings is 1. The summed E-state index contributed by atoms with van der Waals surface area (Å²) < 4.78 is 100. The molecule has 0 bridgehead atoms. The van der Waals surface area contributed by atoms with E-state index in [-0.39, 0.29) is 40.5 Å². The van der Waals surface area contributed by atoms with Crippen LogP contribution < -0.4 is 0 Å². The molecule has 0 unspecified atom stereocenters. The van der Waals surface area contributed by atoms with Crippen molar-refractivity contribution in [1.82, 2.24) is 19.7 Å². The number of halogens is 8. The van der Waals surface area contributed by atoms with Crippen LogP contribution in [0.5, 0.6) is 0 Å². The fourth-order valence-electron chi connectivity index (χ4n) is 3.72. The second-order valence-electron chi connectivity index (χ2n) is 7.97. The van der Waals surface area contributed by atoms with Crippen LogP contribution in [0.3, 0.4) is 0 Å².